The van der Waals surface area contributed by atoms with Gasteiger partial charge in [0.2, 0.25) is 0 Å². The third-order valence-electron chi connectivity index (χ3n) is 7.00. The Kier molecular flexibility index (Phi) is 4.93. The summed E-state index contributed by atoms with van der Waals surface area (Å²) in [5.41, 5.74) is 2.02. The quantitative estimate of drug-likeness (QED) is 0.844. The van der Waals surface area contributed by atoms with Crippen molar-refractivity contribution in [2.75, 3.05) is 39.8 Å². The lowest BCUT2D eigenvalue weighted by Gasteiger charge is -2.47. The maximum absolute atomic E-state index is 2.82. The lowest BCUT2D eigenvalue weighted by molar-refractivity contribution is 0.0283. The van der Waals surface area contributed by atoms with Crippen LogP contribution in [-0.2, 0) is 6.54 Å². The predicted octanol–water partition coefficient (Wildman–Crippen LogP) is 3.21. The summed E-state index contributed by atoms with van der Waals surface area (Å²) in [4.78, 5) is 8.12. The summed E-state index contributed by atoms with van der Waals surface area (Å²) >= 11 is 0. The minimum absolute atomic E-state index is 0.560. The molecule has 4 rings (SSSR count). The molecule has 3 aliphatic heterocycles. The molecule has 1 aromatic carbocycles. The highest BCUT2D eigenvalue weighted by Crippen LogP contribution is 2.38. The molecule has 0 radical (unpaired) electrons. The zero-order chi connectivity index (χ0) is 16.4. The van der Waals surface area contributed by atoms with Gasteiger partial charge in [-0.3, -0.25) is 4.90 Å². The molecule has 0 atom stereocenters. The van der Waals surface area contributed by atoms with Crippen molar-refractivity contribution in [3.8, 4) is 0 Å². The van der Waals surface area contributed by atoms with Gasteiger partial charge in [0, 0.05) is 31.2 Å². The highest BCUT2D eigenvalue weighted by atomic mass is 15.3. The van der Waals surface area contributed by atoms with Crippen molar-refractivity contribution in [3.63, 3.8) is 0 Å². The van der Waals surface area contributed by atoms with Gasteiger partial charge in [-0.25, -0.2) is 0 Å². The number of likely N-dealkylation sites (tertiary alicyclic amines) is 3. The van der Waals surface area contributed by atoms with Crippen LogP contribution in [-0.4, -0.2) is 66.1 Å². The van der Waals surface area contributed by atoms with E-state index in [1.165, 1.54) is 76.8 Å². The van der Waals surface area contributed by atoms with Gasteiger partial charge in [0.25, 0.3) is 0 Å². The fraction of sp³-hybridized carbons (Fsp3) is 0.714. The summed E-state index contributed by atoms with van der Waals surface area (Å²) in [6, 6.07) is 11.8. The molecule has 0 aromatic heterocycles. The van der Waals surface area contributed by atoms with E-state index in [1.54, 1.807) is 0 Å². The number of benzene rings is 1. The van der Waals surface area contributed by atoms with Gasteiger partial charge >= 0.3 is 0 Å². The molecular formula is C21H33N3. The van der Waals surface area contributed by atoms with E-state index in [0.717, 1.165) is 12.6 Å². The molecule has 24 heavy (non-hydrogen) atoms. The van der Waals surface area contributed by atoms with E-state index >= 15 is 0 Å². The van der Waals surface area contributed by atoms with Crippen LogP contribution < -0.4 is 0 Å². The fourth-order valence-electron chi connectivity index (χ4n) is 5.29. The van der Waals surface area contributed by atoms with Crippen LogP contribution in [0.2, 0.25) is 0 Å². The van der Waals surface area contributed by atoms with Crippen LogP contribution in [0, 0.1) is 0 Å². The molecule has 0 N–H and O–H groups in total. The molecule has 3 heterocycles. The Morgan fingerprint density at radius 3 is 2.25 bits per heavy atom. The van der Waals surface area contributed by atoms with Gasteiger partial charge in [-0.1, -0.05) is 30.3 Å². The first-order chi connectivity index (χ1) is 11.8. The molecule has 3 fully saturated rings. The van der Waals surface area contributed by atoms with Gasteiger partial charge in [-0.2, -0.15) is 0 Å². The van der Waals surface area contributed by atoms with Crippen LogP contribution in [0.15, 0.2) is 30.3 Å². The van der Waals surface area contributed by atoms with Crippen molar-refractivity contribution in [3.05, 3.63) is 35.9 Å². The molecular weight excluding hydrogens is 294 g/mol. The number of piperidine rings is 2. The monoisotopic (exact) mass is 327 g/mol. The second-order valence-corrected chi connectivity index (χ2v) is 8.28. The molecule has 0 unspecified atom stereocenters. The van der Waals surface area contributed by atoms with Gasteiger partial charge in [0.1, 0.15) is 0 Å². The molecule has 3 heteroatoms. The number of nitrogens with zero attached hydrogens (tertiary/aromatic N) is 3. The van der Waals surface area contributed by atoms with E-state index < -0.39 is 0 Å². The molecule has 0 saturated carbocycles. The number of rotatable bonds is 3. The van der Waals surface area contributed by atoms with Gasteiger partial charge in [-0.05, 0) is 70.8 Å². The smallest absolute Gasteiger partial charge is 0.0233 e. The van der Waals surface area contributed by atoms with E-state index in [9.17, 15) is 0 Å². The van der Waals surface area contributed by atoms with Crippen LogP contribution in [0.5, 0.6) is 0 Å². The van der Waals surface area contributed by atoms with Crippen molar-refractivity contribution < 1.29 is 0 Å². The molecule has 1 spiro atoms. The Bertz CT molecular complexity index is 513. The molecule has 132 valence electrons. The summed E-state index contributed by atoms with van der Waals surface area (Å²) in [6.07, 6.45) is 8.36. The summed E-state index contributed by atoms with van der Waals surface area (Å²) < 4.78 is 0. The average Bonchev–Trinajstić information content (AvgIpc) is 2.98. The van der Waals surface area contributed by atoms with Gasteiger partial charge in [0.15, 0.2) is 0 Å². The molecule has 3 saturated heterocycles. The van der Waals surface area contributed by atoms with Crippen molar-refractivity contribution in [2.45, 2.75) is 56.7 Å². The average molecular weight is 328 g/mol. The largest absolute Gasteiger partial charge is 0.301 e. The highest BCUT2D eigenvalue weighted by molar-refractivity contribution is 5.14. The second kappa shape index (κ2) is 7.15. The Labute approximate surface area is 147 Å². The molecule has 0 aliphatic carbocycles. The molecule has 0 amide bonds. The lowest BCUT2D eigenvalue weighted by atomic mass is 9.84. The van der Waals surface area contributed by atoms with Crippen molar-refractivity contribution in [1.82, 2.24) is 14.7 Å². The Hall–Kier alpha value is -0.900. The van der Waals surface area contributed by atoms with Crippen LogP contribution in [0.3, 0.4) is 0 Å². The molecule has 3 aliphatic rings. The molecule has 0 bridgehead atoms. The minimum Gasteiger partial charge on any atom is -0.301 e. The SMILES string of the molecule is CN1CCCC12CCN(C1CCN(Cc3ccccc3)CC1)CC2. The van der Waals surface area contributed by atoms with Crippen LogP contribution in [0.4, 0.5) is 0 Å². The second-order valence-electron chi connectivity index (χ2n) is 8.28. The Morgan fingerprint density at radius 2 is 1.62 bits per heavy atom. The van der Waals surface area contributed by atoms with Crippen molar-refractivity contribution >= 4 is 0 Å². The van der Waals surface area contributed by atoms with E-state index in [4.69, 9.17) is 0 Å². The fourth-order valence-corrected chi connectivity index (χ4v) is 5.29. The summed E-state index contributed by atoms with van der Waals surface area (Å²) in [5.74, 6) is 0. The van der Waals surface area contributed by atoms with Gasteiger partial charge in [-0.15, -0.1) is 0 Å². The standard InChI is InChI=1S/C21H33N3/c1-22-13-5-10-21(22)11-16-24(17-12-21)20-8-14-23(15-9-20)18-19-6-3-2-4-7-19/h2-4,6-7,20H,5,8-18H2,1H3. The topological polar surface area (TPSA) is 9.72 Å². The zero-order valence-electron chi connectivity index (χ0n) is 15.3. The van der Waals surface area contributed by atoms with E-state index in [2.05, 4.69) is 52.1 Å². The van der Waals surface area contributed by atoms with E-state index in [-0.39, 0.29) is 0 Å². The minimum atomic E-state index is 0.560. The number of hydrogen-bond acceptors (Lipinski definition) is 3. The van der Waals surface area contributed by atoms with Crippen LogP contribution in [0.25, 0.3) is 0 Å². The lowest BCUT2D eigenvalue weighted by Crippen LogP contribution is -2.54. The molecule has 3 nitrogen and oxygen atoms in total. The summed E-state index contributed by atoms with van der Waals surface area (Å²) in [5, 5.41) is 0. The Morgan fingerprint density at radius 1 is 0.917 bits per heavy atom. The van der Waals surface area contributed by atoms with Crippen LogP contribution >= 0.6 is 0 Å². The Balaban J connectivity index is 1.25. The first-order valence-corrected chi connectivity index (χ1v) is 9.97. The van der Waals surface area contributed by atoms with Gasteiger partial charge < -0.3 is 9.80 Å². The summed E-state index contributed by atoms with van der Waals surface area (Å²) in [7, 11) is 2.35. The summed E-state index contributed by atoms with van der Waals surface area (Å²) in [6.45, 7) is 7.63. The third kappa shape index (κ3) is 3.40. The molecule has 1 aromatic rings. The predicted molar refractivity (Wildman–Crippen MR) is 100 cm³/mol. The maximum atomic E-state index is 2.82. The van der Waals surface area contributed by atoms with E-state index in [1.807, 2.05) is 0 Å². The van der Waals surface area contributed by atoms with E-state index in [0.29, 0.717) is 5.54 Å². The first kappa shape index (κ1) is 16.6. The van der Waals surface area contributed by atoms with Crippen molar-refractivity contribution in [2.24, 2.45) is 0 Å². The normalized spacial score (nSPS) is 27.0. The maximum Gasteiger partial charge on any atom is 0.0233 e. The first-order valence-electron chi connectivity index (χ1n) is 9.97. The third-order valence-corrected chi connectivity index (χ3v) is 7.00. The van der Waals surface area contributed by atoms with Gasteiger partial charge in [0.05, 0.1) is 0 Å². The highest BCUT2D eigenvalue weighted by Gasteiger charge is 2.42. The van der Waals surface area contributed by atoms with Crippen LogP contribution in [0.1, 0.15) is 44.1 Å². The van der Waals surface area contributed by atoms with Crippen molar-refractivity contribution in [1.29, 1.82) is 0 Å². The number of hydrogen-bond donors (Lipinski definition) is 0. The zero-order valence-corrected chi connectivity index (χ0v) is 15.3.